The van der Waals surface area contributed by atoms with Crippen molar-refractivity contribution in [2.45, 2.75) is 19.8 Å². The number of nitrogens with zero attached hydrogens (tertiary/aromatic N) is 1. The van der Waals surface area contributed by atoms with E-state index in [4.69, 9.17) is 16.6 Å². The van der Waals surface area contributed by atoms with Gasteiger partial charge in [0.05, 0.1) is 16.5 Å². The summed E-state index contributed by atoms with van der Waals surface area (Å²) in [5.74, 6) is -0.0284. The Morgan fingerprint density at radius 2 is 1.81 bits per heavy atom. The van der Waals surface area contributed by atoms with Crippen molar-refractivity contribution in [3.63, 3.8) is 0 Å². The van der Waals surface area contributed by atoms with E-state index in [0.29, 0.717) is 22.3 Å². The first-order valence-corrected chi connectivity index (χ1v) is 11.1. The molecule has 3 N–H and O–H groups in total. The van der Waals surface area contributed by atoms with Crippen molar-refractivity contribution in [3.8, 4) is 0 Å². The molecule has 9 heteroatoms. The van der Waals surface area contributed by atoms with Crippen molar-refractivity contribution < 1.29 is 14.0 Å². The molecule has 162 valence electrons. The minimum Gasteiger partial charge on any atom is -0.459 e. The summed E-state index contributed by atoms with van der Waals surface area (Å²) in [5.41, 5.74) is 3.13. The first kappa shape index (κ1) is 21.7. The molecular weight excluding hydrogens is 444 g/mol. The van der Waals surface area contributed by atoms with Gasteiger partial charge in [-0.1, -0.05) is 37.3 Å². The molecule has 2 amide bonds. The third-order valence-corrected chi connectivity index (χ3v) is 5.82. The predicted molar refractivity (Wildman–Crippen MR) is 130 cm³/mol. The fourth-order valence-electron chi connectivity index (χ4n) is 2.98. The van der Waals surface area contributed by atoms with Crippen LogP contribution in [0.25, 0.3) is 10.2 Å². The zero-order valence-electron chi connectivity index (χ0n) is 17.3. The van der Waals surface area contributed by atoms with E-state index in [1.54, 1.807) is 30.3 Å². The predicted octanol–water partition coefficient (Wildman–Crippen LogP) is 5.39. The highest BCUT2D eigenvalue weighted by Gasteiger charge is 2.13. The second-order valence-electron chi connectivity index (χ2n) is 7.32. The summed E-state index contributed by atoms with van der Waals surface area (Å²) in [4.78, 5) is 29.0. The van der Waals surface area contributed by atoms with Crippen LogP contribution in [0.1, 0.15) is 46.2 Å². The minimum absolute atomic E-state index is 0.193. The van der Waals surface area contributed by atoms with Crippen molar-refractivity contribution in [2.75, 3.05) is 10.6 Å². The molecule has 0 saturated carbocycles. The van der Waals surface area contributed by atoms with Gasteiger partial charge in [0.25, 0.3) is 11.8 Å². The van der Waals surface area contributed by atoms with E-state index in [1.165, 1.54) is 23.2 Å². The molecule has 2 heterocycles. The lowest BCUT2D eigenvalue weighted by molar-refractivity contribution is 0.0975. The number of rotatable bonds is 5. The van der Waals surface area contributed by atoms with Gasteiger partial charge in [-0.05, 0) is 66.2 Å². The Morgan fingerprint density at radius 3 is 2.50 bits per heavy atom. The van der Waals surface area contributed by atoms with Gasteiger partial charge in [-0.25, -0.2) is 4.98 Å². The number of carbonyl (C=O) groups is 2. The van der Waals surface area contributed by atoms with Crippen LogP contribution in [0.4, 0.5) is 10.8 Å². The molecule has 4 rings (SSSR count). The average Bonchev–Trinajstić information content (AvgIpc) is 3.43. The highest BCUT2D eigenvalue weighted by atomic mass is 32.1. The van der Waals surface area contributed by atoms with Crippen LogP contribution in [0.5, 0.6) is 0 Å². The third-order valence-electron chi connectivity index (χ3n) is 4.68. The number of benzene rings is 2. The number of hydrogen-bond donors (Lipinski definition) is 3. The Hall–Kier alpha value is -3.56. The van der Waals surface area contributed by atoms with Crippen LogP contribution in [0.3, 0.4) is 0 Å². The monoisotopic (exact) mass is 464 g/mol. The second kappa shape index (κ2) is 9.29. The Balaban J connectivity index is 1.39. The van der Waals surface area contributed by atoms with Gasteiger partial charge in [0.1, 0.15) is 0 Å². The number of hydrogen-bond acceptors (Lipinski definition) is 6. The van der Waals surface area contributed by atoms with Gasteiger partial charge in [0.15, 0.2) is 16.0 Å². The Morgan fingerprint density at radius 1 is 1.03 bits per heavy atom. The smallest absolute Gasteiger partial charge is 0.293 e. The van der Waals surface area contributed by atoms with Gasteiger partial charge >= 0.3 is 0 Å². The highest BCUT2D eigenvalue weighted by Crippen LogP contribution is 2.28. The van der Waals surface area contributed by atoms with E-state index < -0.39 is 0 Å². The normalized spacial score (nSPS) is 10.8. The quantitative estimate of drug-likeness (QED) is 0.343. The van der Waals surface area contributed by atoms with Crippen molar-refractivity contribution >= 4 is 61.5 Å². The zero-order valence-corrected chi connectivity index (χ0v) is 19.0. The second-order valence-corrected chi connectivity index (χ2v) is 8.76. The number of aromatic nitrogens is 1. The maximum absolute atomic E-state index is 12.4. The molecule has 0 saturated heterocycles. The molecule has 4 aromatic rings. The average molecular weight is 465 g/mol. The molecule has 0 spiro atoms. The van der Waals surface area contributed by atoms with Gasteiger partial charge in [-0.3, -0.25) is 20.2 Å². The molecule has 0 radical (unpaired) electrons. The van der Waals surface area contributed by atoms with Crippen LogP contribution in [0, 0.1) is 0 Å². The zero-order chi connectivity index (χ0) is 22.7. The first-order valence-electron chi connectivity index (χ1n) is 9.87. The van der Waals surface area contributed by atoms with E-state index in [-0.39, 0.29) is 22.7 Å². The van der Waals surface area contributed by atoms with Crippen LogP contribution in [-0.2, 0) is 0 Å². The standard InChI is InChI=1S/C23H20N4O3S2/c1-13(2)14-5-7-15(8-6-14)20(28)26-22(31)24-16-9-10-17-19(12-16)32-23(25-17)27-21(29)18-4-3-11-30-18/h3-13H,1-2H3,(H,25,27,29)(H2,24,26,28,31). The van der Waals surface area contributed by atoms with Crippen LogP contribution < -0.4 is 16.0 Å². The molecule has 2 aromatic carbocycles. The first-order chi connectivity index (χ1) is 15.4. The summed E-state index contributed by atoms with van der Waals surface area (Å²) in [6.45, 7) is 4.20. The fraction of sp³-hybridized carbons (Fsp3) is 0.130. The molecule has 2 aromatic heterocycles. The molecule has 0 aliphatic carbocycles. The Bertz CT molecular complexity index is 1280. The van der Waals surface area contributed by atoms with Crippen LogP contribution in [0.15, 0.2) is 65.3 Å². The number of furan rings is 1. The van der Waals surface area contributed by atoms with E-state index in [9.17, 15) is 9.59 Å². The SMILES string of the molecule is CC(C)c1ccc(C(=O)NC(=S)Nc2ccc3nc(NC(=O)c4ccco4)sc3c2)cc1. The van der Waals surface area contributed by atoms with Crippen molar-refractivity contribution in [3.05, 3.63) is 77.7 Å². The van der Waals surface area contributed by atoms with Crippen molar-refractivity contribution in [1.82, 2.24) is 10.3 Å². The lowest BCUT2D eigenvalue weighted by Crippen LogP contribution is -2.34. The molecule has 0 bridgehead atoms. The Kier molecular flexibility index (Phi) is 6.29. The van der Waals surface area contributed by atoms with Gasteiger partial charge in [0.2, 0.25) is 0 Å². The number of fused-ring (bicyclic) bond motifs is 1. The van der Waals surface area contributed by atoms with Gasteiger partial charge in [-0.15, -0.1) is 0 Å². The summed E-state index contributed by atoms with van der Waals surface area (Å²) in [5, 5.41) is 9.07. The molecule has 0 aliphatic rings. The minimum atomic E-state index is -0.363. The highest BCUT2D eigenvalue weighted by molar-refractivity contribution is 7.80. The van der Waals surface area contributed by atoms with Crippen molar-refractivity contribution in [2.24, 2.45) is 0 Å². The van der Waals surface area contributed by atoms with Gasteiger partial charge in [-0.2, -0.15) is 0 Å². The van der Waals surface area contributed by atoms with Gasteiger partial charge in [0, 0.05) is 11.3 Å². The van der Waals surface area contributed by atoms with Gasteiger partial charge < -0.3 is 9.73 Å². The largest absolute Gasteiger partial charge is 0.459 e. The third kappa shape index (κ3) is 5.01. The molecule has 0 aliphatic heterocycles. The lowest BCUT2D eigenvalue weighted by atomic mass is 10.0. The van der Waals surface area contributed by atoms with E-state index in [1.807, 2.05) is 24.3 Å². The number of nitrogens with one attached hydrogen (secondary N) is 3. The van der Waals surface area contributed by atoms with E-state index in [2.05, 4.69) is 34.8 Å². The summed E-state index contributed by atoms with van der Waals surface area (Å²) < 4.78 is 5.94. The summed E-state index contributed by atoms with van der Waals surface area (Å²) >= 11 is 6.61. The fourth-order valence-corrected chi connectivity index (χ4v) is 4.09. The maximum Gasteiger partial charge on any atom is 0.293 e. The maximum atomic E-state index is 12.4. The number of thiocarbonyl (C=S) groups is 1. The number of anilines is 2. The van der Waals surface area contributed by atoms with E-state index in [0.717, 1.165) is 10.2 Å². The molecule has 0 unspecified atom stereocenters. The van der Waals surface area contributed by atoms with Crippen LogP contribution >= 0.6 is 23.6 Å². The molecule has 0 fully saturated rings. The van der Waals surface area contributed by atoms with Crippen LogP contribution in [-0.4, -0.2) is 21.9 Å². The summed E-state index contributed by atoms with van der Waals surface area (Å²) in [7, 11) is 0. The molecule has 32 heavy (non-hydrogen) atoms. The summed E-state index contributed by atoms with van der Waals surface area (Å²) in [6.07, 6.45) is 1.44. The molecule has 7 nitrogen and oxygen atoms in total. The Labute approximate surface area is 193 Å². The van der Waals surface area contributed by atoms with E-state index >= 15 is 0 Å². The van der Waals surface area contributed by atoms with Crippen molar-refractivity contribution in [1.29, 1.82) is 0 Å². The summed E-state index contributed by atoms with van der Waals surface area (Å²) in [6, 6.07) is 16.1. The molecular formula is C23H20N4O3S2. The molecule has 0 atom stereocenters. The number of carbonyl (C=O) groups excluding carboxylic acids is 2. The topological polar surface area (TPSA) is 96.3 Å². The number of amides is 2. The number of thiazole rings is 1. The van der Waals surface area contributed by atoms with Crippen LogP contribution in [0.2, 0.25) is 0 Å². The lowest BCUT2D eigenvalue weighted by Gasteiger charge is -2.10.